The molecule has 23 heavy (non-hydrogen) atoms. The van der Waals surface area contributed by atoms with Crippen molar-refractivity contribution in [3.05, 3.63) is 29.8 Å². The topological polar surface area (TPSA) is 47.9 Å². The molecule has 5 nitrogen and oxygen atoms in total. The summed E-state index contributed by atoms with van der Waals surface area (Å²) in [5.74, 6) is 0.799. The molecule has 0 saturated carbocycles. The molecule has 1 saturated heterocycles. The fourth-order valence-corrected chi connectivity index (χ4v) is 2.64. The lowest BCUT2D eigenvalue weighted by molar-refractivity contribution is -0.121. The predicted octanol–water partition coefficient (Wildman–Crippen LogP) is 2.32. The van der Waals surface area contributed by atoms with Crippen LogP contribution in [0.15, 0.2) is 29.4 Å². The number of amides is 1. The number of hydrogen-bond donors (Lipinski definition) is 1. The van der Waals surface area contributed by atoms with Crippen LogP contribution >= 0.6 is 0 Å². The fourth-order valence-electron chi connectivity index (χ4n) is 2.64. The van der Waals surface area contributed by atoms with Crippen molar-refractivity contribution in [2.45, 2.75) is 26.2 Å². The van der Waals surface area contributed by atoms with E-state index in [-0.39, 0.29) is 5.91 Å². The van der Waals surface area contributed by atoms with Crippen LogP contribution in [0.3, 0.4) is 0 Å². The second-order valence-electron chi connectivity index (χ2n) is 6.55. The van der Waals surface area contributed by atoms with Crippen molar-refractivity contribution in [3.63, 3.8) is 0 Å². The molecule has 2 rings (SSSR count). The molecule has 0 atom stereocenters. The Labute approximate surface area is 139 Å². The van der Waals surface area contributed by atoms with E-state index in [9.17, 15) is 4.79 Å². The zero-order valence-corrected chi connectivity index (χ0v) is 14.5. The molecule has 1 fully saturated rings. The monoisotopic (exact) mass is 316 g/mol. The molecule has 0 aromatic heterocycles. The quantitative estimate of drug-likeness (QED) is 0.647. The lowest BCUT2D eigenvalue weighted by Gasteiger charge is -2.29. The Morgan fingerprint density at radius 2 is 1.96 bits per heavy atom. The second-order valence-corrected chi connectivity index (χ2v) is 6.55. The van der Waals surface area contributed by atoms with E-state index in [1.807, 2.05) is 43.3 Å². The zero-order valence-electron chi connectivity index (χ0n) is 14.5. The van der Waals surface area contributed by atoms with E-state index in [0.29, 0.717) is 6.42 Å². The van der Waals surface area contributed by atoms with Crippen LogP contribution in [0.4, 0.5) is 5.69 Å². The SMILES string of the molecule is CC1CCN(CCC(=O)N/N=C/c2ccc(N(C)C)cc2)CC1. The van der Waals surface area contributed by atoms with Gasteiger partial charge in [-0.25, -0.2) is 5.43 Å². The smallest absolute Gasteiger partial charge is 0.241 e. The molecule has 5 heteroatoms. The van der Waals surface area contributed by atoms with Gasteiger partial charge < -0.3 is 9.80 Å². The van der Waals surface area contributed by atoms with Crippen LogP contribution in [0.2, 0.25) is 0 Å². The molecular formula is C18H28N4O. The van der Waals surface area contributed by atoms with Gasteiger partial charge in [0.05, 0.1) is 6.21 Å². The number of benzene rings is 1. The molecule has 1 aromatic rings. The Morgan fingerprint density at radius 3 is 2.57 bits per heavy atom. The minimum Gasteiger partial charge on any atom is -0.378 e. The van der Waals surface area contributed by atoms with Gasteiger partial charge in [0, 0.05) is 32.7 Å². The average molecular weight is 316 g/mol. The second kappa shape index (κ2) is 8.67. The Kier molecular flexibility index (Phi) is 6.59. The fraction of sp³-hybridized carbons (Fsp3) is 0.556. The van der Waals surface area contributed by atoms with Gasteiger partial charge >= 0.3 is 0 Å². The maximum absolute atomic E-state index is 11.8. The number of piperidine rings is 1. The third-order valence-corrected chi connectivity index (χ3v) is 4.34. The van der Waals surface area contributed by atoms with Gasteiger partial charge in [-0.3, -0.25) is 4.79 Å². The molecule has 0 radical (unpaired) electrons. The van der Waals surface area contributed by atoms with E-state index in [1.165, 1.54) is 12.8 Å². The molecule has 1 aliphatic heterocycles. The summed E-state index contributed by atoms with van der Waals surface area (Å²) in [6.07, 6.45) is 4.66. The number of carbonyl (C=O) groups is 1. The van der Waals surface area contributed by atoms with Crippen LogP contribution in [0.5, 0.6) is 0 Å². The molecule has 0 spiro atoms. The van der Waals surface area contributed by atoms with Crippen LogP contribution < -0.4 is 10.3 Å². The molecular weight excluding hydrogens is 288 g/mol. The van der Waals surface area contributed by atoms with Crippen molar-refractivity contribution in [2.75, 3.05) is 38.6 Å². The van der Waals surface area contributed by atoms with Crippen molar-refractivity contribution in [3.8, 4) is 0 Å². The minimum absolute atomic E-state index is 0.0233. The van der Waals surface area contributed by atoms with E-state index in [1.54, 1.807) is 6.21 Å². The van der Waals surface area contributed by atoms with Gasteiger partial charge in [-0.05, 0) is 49.5 Å². The summed E-state index contributed by atoms with van der Waals surface area (Å²) in [7, 11) is 4.01. The van der Waals surface area contributed by atoms with Crippen molar-refractivity contribution < 1.29 is 4.79 Å². The average Bonchev–Trinajstić information content (AvgIpc) is 2.55. The van der Waals surface area contributed by atoms with Crippen molar-refractivity contribution in [1.29, 1.82) is 0 Å². The Balaban J connectivity index is 1.69. The highest BCUT2D eigenvalue weighted by Crippen LogP contribution is 2.15. The molecule has 1 amide bonds. The number of nitrogens with zero attached hydrogens (tertiary/aromatic N) is 3. The van der Waals surface area contributed by atoms with E-state index < -0.39 is 0 Å². The number of likely N-dealkylation sites (tertiary alicyclic amines) is 1. The molecule has 1 heterocycles. The van der Waals surface area contributed by atoms with Crippen molar-refractivity contribution in [2.24, 2.45) is 11.0 Å². The lowest BCUT2D eigenvalue weighted by atomic mass is 9.99. The molecule has 1 N–H and O–H groups in total. The maximum Gasteiger partial charge on any atom is 0.241 e. The van der Waals surface area contributed by atoms with Crippen LogP contribution in [-0.4, -0.2) is 50.8 Å². The van der Waals surface area contributed by atoms with Gasteiger partial charge in [-0.1, -0.05) is 19.1 Å². The number of hydrazone groups is 1. The first kappa shape index (κ1) is 17.5. The first-order valence-corrected chi connectivity index (χ1v) is 8.36. The molecule has 126 valence electrons. The summed E-state index contributed by atoms with van der Waals surface area (Å²) >= 11 is 0. The summed E-state index contributed by atoms with van der Waals surface area (Å²) in [5.41, 5.74) is 4.72. The summed E-state index contributed by atoms with van der Waals surface area (Å²) in [5, 5.41) is 4.04. The normalized spacial score (nSPS) is 16.7. The molecule has 1 aliphatic rings. The van der Waals surface area contributed by atoms with Crippen molar-refractivity contribution in [1.82, 2.24) is 10.3 Å². The molecule has 0 unspecified atom stereocenters. The minimum atomic E-state index is -0.0233. The largest absolute Gasteiger partial charge is 0.378 e. The van der Waals surface area contributed by atoms with Crippen LogP contribution in [0.1, 0.15) is 31.7 Å². The lowest BCUT2D eigenvalue weighted by Crippen LogP contribution is -2.35. The van der Waals surface area contributed by atoms with Gasteiger partial charge in [0.25, 0.3) is 0 Å². The first-order valence-electron chi connectivity index (χ1n) is 8.36. The maximum atomic E-state index is 11.8. The highest BCUT2D eigenvalue weighted by atomic mass is 16.2. The van der Waals surface area contributed by atoms with E-state index >= 15 is 0 Å². The van der Waals surface area contributed by atoms with Crippen LogP contribution in [0.25, 0.3) is 0 Å². The number of carbonyl (C=O) groups excluding carboxylic acids is 1. The van der Waals surface area contributed by atoms with Crippen LogP contribution in [0, 0.1) is 5.92 Å². The summed E-state index contributed by atoms with van der Waals surface area (Å²) < 4.78 is 0. The number of anilines is 1. The van der Waals surface area contributed by atoms with Gasteiger partial charge in [0.2, 0.25) is 5.91 Å². The first-order chi connectivity index (χ1) is 11.0. The number of nitrogens with one attached hydrogen (secondary N) is 1. The standard InChI is InChI=1S/C18H28N4O/c1-15-8-11-22(12-9-15)13-10-18(23)20-19-14-16-4-6-17(7-5-16)21(2)3/h4-7,14-15H,8-13H2,1-3H3,(H,20,23)/b19-14+. The van der Waals surface area contributed by atoms with Gasteiger partial charge in [0.15, 0.2) is 0 Å². The summed E-state index contributed by atoms with van der Waals surface area (Å²) in [4.78, 5) is 16.2. The Bertz CT molecular complexity index is 516. The Morgan fingerprint density at radius 1 is 1.30 bits per heavy atom. The third kappa shape index (κ3) is 6.02. The number of hydrogen-bond acceptors (Lipinski definition) is 4. The Hall–Kier alpha value is -1.88. The van der Waals surface area contributed by atoms with Gasteiger partial charge in [-0.2, -0.15) is 5.10 Å². The van der Waals surface area contributed by atoms with E-state index in [0.717, 1.165) is 36.8 Å². The molecule has 0 bridgehead atoms. The highest BCUT2D eigenvalue weighted by molar-refractivity contribution is 5.82. The summed E-state index contributed by atoms with van der Waals surface area (Å²) in [6.45, 7) is 5.33. The predicted molar refractivity (Wildman–Crippen MR) is 96.0 cm³/mol. The highest BCUT2D eigenvalue weighted by Gasteiger charge is 2.15. The van der Waals surface area contributed by atoms with Gasteiger partial charge in [0.1, 0.15) is 0 Å². The summed E-state index contributed by atoms with van der Waals surface area (Å²) in [6, 6.07) is 8.03. The van der Waals surface area contributed by atoms with Crippen LogP contribution in [-0.2, 0) is 4.79 Å². The third-order valence-electron chi connectivity index (χ3n) is 4.34. The van der Waals surface area contributed by atoms with Crippen molar-refractivity contribution >= 4 is 17.8 Å². The zero-order chi connectivity index (χ0) is 16.7. The van der Waals surface area contributed by atoms with E-state index in [2.05, 4.69) is 22.4 Å². The van der Waals surface area contributed by atoms with Gasteiger partial charge in [-0.15, -0.1) is 0 Å². The molecule has 1 aromatic carbocycles. The number of rotatable bonds is 6. The van der Waals surface area contributed by atoms with E-state index in [4.69, 9.17) is 0 Å². The molecule has 0 aliphatic carbocycles.